The van der Waals surface area contributed by atoms with Crippen LogP contribution in [0.1, 0.15) is 18.1 Å². The van der Waals surface area contributed by atoms with Crippen molar-refractivity contribution in [3.05, 3.63) is 59.4 Å². The maximum absolute atomic E-state index is 13.8. The van der Waals surface area contributed by atoms with E-state index in [1.807, 2.05) is 11.0 Å². The minimum absolute atomic E-state index is 0.179. The average Bonchev–Trinajstić information content (AvgIpc) is 2.61. The van der Waals surface area contributed by atoms with Crippen LogP contribution in [0.2, 0.25) is 0 Å². The van der Waals surface area contributed by atoms with Crippen LogP contribution in [0.3, 0.4) is 0 Å². The second kappa shape index (κ2) is 8.27. The molecule has 0 aliphatic carbocycles. The summed E-state index contributed by atoms with van der Waals surface area (Å²) in [5.74, 6) is -0.415. The van der Waals surface area contributed by atoms with Gasteiger partial charge in [0.2, 0.25) is 5.91 Å². The van der Waals surface area contributed by atoms with Gasteiger partial charge in [0.15, 0.2) is 11.6 Å². The number of anilines is 1. The fourth-order valence-corrected chi connectivity index (χ4v) is 2.31. The molecule has 25 heavy (non-hydrogen) atoms. The number of carbonyl (C=O) groups excluding carboxylic acids is 1. The van der Waals surface area contributed by atoms with Crippen LogP contribution in [0.5, 0.6) is 5.75 Å². The van der Waals surface area contributed by atoms with Crippen LogP contribution in [-0.2, 0) is 11.3 Å². The summed E-state index contributed by atoms with van der Waals surface area (Å²) >= 11 is 0. The fourth-order valence-electron chi connectivity index (χ4n) is 2.31. The first-order valence-electron chi connectivity index (χ1n) is 7.78. The van der Waals surface area contributed by atoms with Crippen LogP contribution in [0.15, 0.2) is 42.5 Å². The van der Waals surface area contributed by atoms with Crippen molar-refractivity contribution in [1.29, 1.82) is 5.26 Å². The van der Waals surface area contributed by atoms with E-state index in [0.717, 1.165) is 5.56 Å². The summed E-state index contributed by atoms with van der Waals surface area (Å²) in [4.78, 5) is 14.2. The molecule has 1 unspecified atom stereocenters. The average molecular weight is 341 g/mol. The van der Waals surface area contributed by atoms with E-state index in [1.165, 1.54) is 13.2 Å². The molecule has 0 radical (unpaired) electrons. The highest BCUT2D eigenvalue weighted by Gasteiger charge is 2.18. The lowest BCUT2D eigenvalue weighted by Crippen LogP contribution is -2.39. The number of carbonyl (C=O) groups is 1. The zero-order valence-electron chi connectivity index (χ0n) is 14.4. The van der Waals surface area contributed by atoms with Gasteiger partial charge in [0.25, 0.3) is 0 Å². The minimum Gasteiger partial charge on any atom is -0.494 e. The van der Waals surface area contributed by atoms with Crippen LogP contribution in [0.25, 0.3) is 0 Å². The van der Waals surface area contributed by atoms with Crippen molar-refractivity contribution in [3.63, 3.8) is 0 Å². The molecule has 0 heterocycles. The number of amides is 1. The zero-order valence-corrected chi connectivity index (χ0v) is 14.4. The summed E-state index contributed by atoms with van der Waals surface area (Å²) in [5, 5.41) is 11.6. The van der Waals surface area contributed by atoms with Gasteiger partial charge >= 0.3 is 0 Å². The van der Waals surface area contributed by atoms with E-state index in [4.69, 9.17) is 10.00 Å². The maximum Gasteiger partial charge on any atom is 0.241 e. The molecule has 1 N–H and O–H groups in total. The van der Waals surface area contributed by atoms with E-state index in [-0.39, 0.29) is 11.7 Å². The first-order chi connectivity index (χ1) is 11.9. The second-order valence-corrected chi connectivity index (χ2v) is 5.74. The van der Waals surface area contributed by atoms with E-state index in [1.54, 1.807) is 50.4 Å². The Hall–Kier alpha value is -2.91. The van der Waals surface area contributed by atoms with Crippen LogP contribution >= 0.6 is 0 Å². The van der Waals surface area contributed by atoms with E-state index in [2.05, 4.69) is 5.32 Å². The predicted octanol–water partition coefficient (Wildman–Crippen LogP) is 3.16. The quantitative estimate of drug-likeness (QED) is 0.876. The number of nitrogens with zero attached hydrogens (tertiary/aromatic N) is 2. The molecule has 0 saturated carbocycles. The molecule has 0 spiro atoms. The number of nitriles is 1. The second-order valence-electron chi connectivity index (χ2n) is 5.74. The van der Waals surface area contributed by atoms with Gasteiger partial charge in [-0.2, -0.15) is 5.26 Å². The maximum atomic E-state index is 13.8. The summed E-state index contributed by atoms with van der Waals surface area (Å²) in [5.41, 5.74) is 1.91. The molecular weight excluding hydrogens is 321 g/mol. The van der Waals surface area contributed by atoms with Gasteiger partial charge in [0.05, 0.1) is 24.8 Å². The number of halogens is 1. The SMILES string of the molecule is COc1ccc(CN(C)C(C)C(=O)Nc2ccc(C#N)cc2)cc1F. The Bertz CT molecular complexity index is 784. The molecule has 0 saturated heterocycles. The molecule has 2 aromatic rings. The van der Waals surface area contributed by atoms with Crippen molar-refractivity contribution in [3.8, 4) is 11.8 Å². The smallest absolute Gasteiger partial charge is 0.241 e. The summed E-state index contributed by atoms with van der Waals surface area (Å²) in [6.07, 6.45) is 0. The molecule has 0 bridgehead atoms. The van der Waals surface area contributed by atoms with Gasteiger partial charge in [-0.05, 0) is 55.9 Å². The van der Waals surface area contributed by atoms with E-state index in [0.29, 0.717) is 17.8 Å². The van der Waals surface area contributed by atoms with Crippen molar-refractivity contribution >= 4 is 11.6 Å². The Labute approximate surface area is 146 Å². The summed E-state index contributed by atoms with van der Waals surface area (Å²) < 4.78 is 18.7. The highest BCUT2D eigenvalue weighted by molar-refractivity contribution is 5.94. The van der Waals surface area contributed by atoms with E-state index >= 15 is 0 Å². The Kier molecular flexibility index (Phi) is 6.09. The fraction of sp³-hybridized carbons (Fsp3) is 0.263. The molecule has 2 aromatic carbocycles. The van der Waals surface area contributed by atoms with Gasteiger partial charge < -0.3 is 10.1 Å². The number of nitrogens with one attached hydrogen (secondary N) is 1. The standard InChI is InChI=1S/C19H20FN3O2/c1-13(19(24)22-16-7-4-14(11-21)5-8-16)23(2)12-15-6-9-18(25-3)17(20)10-15/h4-10,13H,12H2,1-3H3,(H,22,24). The van der Waals surface area contributed by atoms with E-state index < -0.39 is 11.9 Å². The lowest BCUT2D eigenvalue weighted by Gasteiger charge is -2.24. The number of methoxy groups -OCH3 is 1. The molecule has 1 amide bonds. The number of hydrogen-bond donors (Lipinski definition) is 1. The number of likely N-dealkylation sites (N-methyl/N-ethyl adjacent to an activating group) is 1. The Balaban J connectivity index is 1.98. The highest BCUT2D eigenvalue weighted by Crippen LogP contribution is 2.19. The van der Waals surface area contributed by atoms with Gasteiger partial charge in [0, 0.05) is 12.2 Å². The van der Waals surface area contributed by atoms with Crippen molar-refractivity contribution in [1.82, 2.24) is 4.90 Å². The lowest BCUT2D eigenvalue weighted by atomic mass is 10.1. The Morgan fingerprint density at radius 3 is 2.56 bits per heavy atom. The van der Waals surface area contributed by atoms with Crippen molar-refractivity contribution in [2.75, 3.05) is 19.5 Å². The van der Waals surface area contributed by atoms with Gasteiger partial charge in [-0.1, -0.05) is 6.07 Å². The Morgan fingerprint density at radius 1 is 1.32 bits per heavy atom. The van der Waals surface area contributed by atoms with Gasteiger partial charge in [-0.25, -0.2) is 4.39 Å². The number of hydrogen-bond acceptors (Lipinski definition) is 4. The molecule has 0 aliphatic rings. The number of ether oxygens (including phenoxy) is 1. The molecule has 1 atom stereocenters. The third-order valence-corrected chi connectivity index (χ3v) is 3.97. The van der Waals surface area contributed by atoms with Crippen LogP contribution in [-0.4, -0.2) is 31.0 Å². The van der Waals surface area contributed by atoms with Crippen LogP contribution in [0, 0.1) is 17.1 Å². The van der Waals surface area contributed by atoms with Crippen molar-refractivity contribution in [2.24, 2.45) is 0 Å². The minimum atomic E-state index is -0.428. The number of rotatable bonds is 6. The highest BCUT2D eigenvalue weighted by atomic mass is 19.1. The summed E-state index contributed by atoms with van der Waals surface area (Å²) in [6.45, 7) is 2.20. The first kappa shape index (κ1) is 18.4. The topological polar surface area (TPSA) is 65.4 Å². The third-order valence-electron chi connectivity index (χ3n) is 3.97. The van der Waals surface area contributed by atoms with E-state index in [9.17, 15) is 9.18 Å². The van der Waals surface area contributed by atoms with Gasteiger partial charge in [0.1, 0.15) is 0 Å². The van der Waals surface area contributed by atoms with Crippen LogP contribution in [0.4, 0.5) is 10.1 Å². The number of benzene rings is 2. The molecule has 0 aliphatic heterocycles. The molecule has 5 nitrogen and oxygen atoms in total. The summed E-state index contributed by atoms with van der Waals surface area (Å²) in [7, 11) is 3.21. The molecular formula is C19H20FN3O2. The monoisotopic (exact) mass is 341 g/mol. The first-order valence-corrected chi connectivity index (χ1v) is 7.78. The largest absolute Gasteiger partial charge is 0.494 e. The van der Waals surface area contributed by atoms with Gasteiger partial charge in [-0.15, -0.1) is 0 Å². The molecule has 2 rings (SSSR count). The molecule has 6 heteroatoms. The predicted molar refractivity (Wildman–Crippen MR) is 93.7 cm³/mol. The summed E-state index contributed by atoms with van der Waals surface area (Å²) in [6, 6.07) is 13.0. The molecule has 0 fully saturated rings. The van der Waals surface area contributed by atoms with Crippen molar-refractivity contribution in [2.45, 2.75) is 19.5 Å². The van der Waals surface area contributed by atoms with Crippen LogP contribution < -0.4 is 10.1 Å². The molecule has 0 aromatic heterocycles. The van der Waals surface area contributed by atoms with Gasteiger partial charge in [-0.3, -0.25) is 9.69 Å². The Morgan fingerprint density at radius 2 is 2.00 bits per heavy atom. The normalized spacial score (nSPS) is 11.7. The lowest BCUT2D eigenvalue weighted by molar-refractivity contribution is -0.120. The van der Waals surface area contributed by atoms with Crippen molar-refractivity contribution < 1.29 is 13.9 Å². The zero-order chi connectivity index (χ0) is 18.4. The molecule has 130 valence electrons. The third kappa shape index (κ3) is 4.78.